The molecule has 0 aliphatic rings. The molecule has 198 valence electrons. The van der Waals surface area contributed by atoms with Crippen molar-refractivity contribution in [3.63, 3.8) is 0 Å². The first kappa shape index (κ1) is 29.4. The molecule has 0 fully saturated rings. The van der Waals surface area contributed by atoms with E-state index in [0.717, 1.165) is 37.9 Å². The van der Waals surface area contributed by atoms with Crippen LogP contribution in [-0.2, 0) is 4.74 Å². The Hall–Kier alpha value is -2.86. The molecule has 2 rings (SSSR count). The Bertz CT molecular complexity index is 860. The van der Waals surface area contributed by atoms with Gasteiger partial charge in [-0.1, -0.05) is 58.3 Å². The molecular formula is C30H42O6. The topological polar surface area (TPSA) is 82.1 Å². The average molecular weight is 499 g/mol. The Kier molecular flexibility index (Phi) is 15.0. The van der Waals surface area contributed by atoms with Crippen LogP contribution in [0.4, 0.5) is 0 Å². The summed E-state index contributed by atoms with van der Waals surface area (Å²) < 4.78 is 16.5. The van der Waals surface area contributed by atoms with E-state index in [4.69, 9.17) is 19.3 Å². The van der Waals surface area contributed by atoms with Crippen LogP contribution in [0.2, 0.25) is 0 Å². The van der Waals surface area contributed by atoms with Crippen molar-refractivity contribution in [3.8, 4) is 11.5 Å². The van der Waals surface area contributed by atoms with E-state index >= 15 is 0 Å². The standard InChI is InChI=1S/C30H42O6/c1-2-3-4-5-6-7-9-12-23-34-27-18-14-26(15-19-27)30(33)36-28-20-16-25(17-21-28)29(32)35-24-13-10-8-11-22-31/h14-21,31H,2-13,22-24H2,1H3. The van der Waals surface area contributed by atoms with E-state index in [1.807, 2.05) is 0 Å². The lowest BCUT2D eigenvalue weighted by atomic mass is 10.1. The van der Waals surface area contributed by atoms with Gasteiger partial charge in [-0.15, -0.1) is 0 Å². The van der Waals surface area contributed by atoms with E-state index in [9.17, 15) is 9.59 Å². The summed E-state index contributed by atoms with van der Waals surface area (Å²) in [6.07, 6.45) is 13.4. The summed E-state index contributed by atoms with van der Waals surface area (Å²) in [5.74, 6) is 0.224. The second kappa shape index (κ2) is 18.4. The van der Waals surface area contributed by atoms with Gasteiger partial charge in [0.2, 0.25) is 0 Å². The van der Waals surface area contributed by atoms with Gasteiger partial charge in [-0.3, -0.25) is 0 Å². The first-order valence-corrected chi connectivity index (χ1v) is 13.5. The van der Waals surface area contributed by atoms with Crippen LogP contribution in [0.25, 0.3) is 0 Å². The monoisotopic (exact) mass is 498 g/mol. The maximum Gasteiger partial charge on any atom is 0.343 e. The average Bonchev–Trinajstić information content (AvgIpc) is 2.90. The Balaban J connectivity index is 1.66. The quantitative estimate of drug-likeness (QED) is 0.126. The van der Waals surface area contributed by atoms with E-state index in [-0.39, 0.29) is 6.61 Å². The lowest BCUT2D eigenvalue weighted by Crippen LogP contribution is -2.09. The molecule has 6 heteroatoms. The molecule has 0 saturated heterocycles. The molecule has 0 aliphatic heterocycles. The fraction of sp³-hybridized carbons (Fsp3) is 0.533. The van der Waals surface area contributed by atoms with E-state index in [1.165, 1.54) is 44.9 Å². The van der Waals surface area contributed by atoms with Gasteiger partial charge in [0, 0.05) is 6.61 Å². The number of carbonyl (C=O) groups excluding carboxylic acids is 2. The zero-order valence-electron chi connectivity index (χ0n) is 21.7. The third-order valence-corrected chi connectivity index (χ3v) is 5.94. The molecule has 0 atom stereocenters. The molecule has 2 aromatic rings. The molecule has 0 spiro atoms. The lowest BCUT2D eigenvalue weighted by molar-refractivity contribution is 0.0497. The maximum atomic E-state index is 12.4. The van der Waals surface area contributed by atoms with Crippen LogP contribution in [0.1, 0.15) is 105 Å². The highest BCUT2D eigenvalue weighted by atomic mass is 16.5. The van der Waals surface area contributed by atoms with Gasteiger partial charge >= 0.3 is 11.9 Å². The van der Waals surface area contributed by atoms with Crippen LogP contribution in [-0.4, -0.2) is 36.9 Å². The third-order valence-electron chi connectivity index (χ3n) is 5.94. The van der Waals surface area contributed by atoms with Crippen LogP contribution >= 0.6 is 0 Å². The summed E-state index contributed by atoms with van der Waals surface area (Å²) in [6.45, 7) is 3.45. The highest BCUT2D eigenvalue weighted by Crippen LogP contribution is 2.18. The van der Waals surface area contributed by atoms with Crippen LogP contribution in [0.5, 0.6) is 11.5 Å². The third kappa shape index (κ3) is 12.2. The van der Waals surface area contributed by atoms with Gasteiger partial charge in [0.15, 0.2) is 0 Å². The molecule has 2 aromatic carbocycles. The number of ether oxygens (including phenoxy) is 3. The minimum Gasteiger partial charge on any atom is -0.494 e. The first-order valence-electron chi connectivity index (χ1n) is 13.5. The van der Waals surface area contributed by atoms with Gasteiger partial charge in [0.05, 0.1) is 24.3 Å². The van der Waals surface area contributed by atoms with Gasteiger partial charge < -0.3 is 19.3 Å². The zero-order valence-corrected chi connectivity index (χ0v) is 21.7. The summed E-state index contributed by atoms with van der Waals surface area (Å²) in [6, 6.07) is 13.3. The second-order valence-corrected chi connectivity index (χ2v) is 9.04. The summed E-state index contributed by atoms with van der Waals surface area (Å²) in [5.41, 5.74) is 0.835. The molecule has 0 heterocycles. The number of esters is 2. The number of aliphatic hydroxyl groups excluding tert-OH is 1. The highest BCUT2D eigenvalue weighted by Gasteiger charge is 2.11. The van der Waals surface area contributed by atoms with E-state index in [0.29, 0.717) is 30.1 Å². The van der Waals surface area contributed by atoms with Gasteiger partial charge in [-0.2, -0.15) is 0 Å². The highest BCUT2D eigenvalue weighted by molar-refractivity contribution is 5.92. The molecule has 0 saturated carbocycles. The predicted molar refractivity (Wildman–Crippen MR) is 142 cm³/mol. The molecule has 0 amide bonds. The normalized spacial score (nSPS) is 10.7. The summed E-state index contributed by atoms with van der Waals surface area (Å²) in [5, 5.41) is 8.76. The van der Waals surface area contributed by atoms with Crippen LogP contribution in [0.15, 0.2) is 48.5 Å². The number of benzene rings is 2. The fourth-order valence-corrected chi connectivity index (χ4v) is 3.75. The molecular weight excluding hydrogens is 456 g/mol. The molecule has 0 unspecified atom stereocenters. The Labute approximate surface area is 216 Å². The molecule has 0 bridgehead atoms. The van der Waals surface area contributed by atoms with Crippen LogP contribution < -0.4 is 9.47 Å². The molecule has 1 N–H and O–H groups in total. The number of rotatable bonds is 19. The largest absolute Gasteiger partial charge is 0.494 e. The first-order chi connectivity index (χ1) is 17.6. The van der Waals surface area contributed by atoms with Gasteiger partial charge in [0.25, 0.3) is 0 Å². The van der Waals surface area contributed by atoms with Crippen LogP contribution in [0.3, 0.4) is 0 Å². The molecule has 6 nitrogen and oxygen atoms in total. The van der Waals surface area contributed by atoms with Crippen molar-refractivity contribution in [2.75, 3.05) is 19.8 Å². The second-order valence-electron chi connectivity index (χ2n) is 9.04. The van der Waals surface area contributed by atoms with Gasteiger partial charge in [-0.05, 0) is 74.2 Å². The minimum absolute atomic E-state index is 0.190. The number of unbranched alkanes of at least 4 members (excludes halogenated alkanes) is 10. The van der Waals surface area contributed by atoms with E-state index in [1.54, 1.807) is 48.5 Å². The fourth-order valence-electron chi connectivity index (χ4n) is 3.75. The number of hydrogen-bond donors (Lipinski definition) is 1. The molecule has 0 radical (unpaired) electrons. The Morgan fingerprint density at radius 3 is 1.72 bits per heavy atom. The number of carbonyl (C=O) groups is 2. The van der Waals surface area contributed by atoms with Crippen molar-refractivity contribution in [1.82, 2.24) is 0 Å². The van der Waals surface area contributed by atoms with Crippen molar-refractivity contribution in [1.29, 1.82) is 0 Å². The zero-order chi connectivity index (χ0) is 25.8. The Morgan fingerprint density at radius 1 is 0.611 bits per heavy atom. The summed E-state index contributed by atoms with van der Waals surface area (Å²) in [4.78, 5) is 24.6. The smallest absolute Gasteiger partial charge is 0.343 e. The summed E-state index contributed by atoms with van der Waals surface area (Å²) in [7, 11) is 0. The SMILES string of the molecule is CCCCCCCCCCOc1ccc(C(=O)Oc2ccc(C(=O)OCCCCCCO)cc2)cc1. The van der Waals surface area contributed by atoms with Gasteiger partial charge in [-0.25, -0.2) is 9.59 Å². The van der Waals surface area contributed by atoms with Crippen molar-refractivity contribution in [2.45, 2.75) is 84.0 Å². The van der Waals surface area contributed by atoms with Crippen molar-refractivity contribution in [2.24, 2.45) is 0 Å². The molecule has 36 heavy (non-hydrogen) atoms. The van der Waals surface area contributed by atoms with Gasteiger partial charge in [0.1, 0.15) is 11.5 Å². The van der Waals surface area contributed by atoms with Crippen molar-refractivity contribution >= 4 is 11.9 Å². The van der Waals surface area contributed by atoms with Crippen molar-refractivity contribution in [3.05, 3.63) is 59.7 Å². The predicted octanol–water partition coefficient (Wildman–Crippen LogP) is 7.13. The lowest BCUT2D eigenvalue weighted by Gasteiger charge is -2.08. The molecule has 0 aliphatic carbocycles. The Morgan fingerprint density at radius 2 is 1.11 bits per heavy atom. The van der Waals surface area contributed by atoms with E-state index < -0.39 is 11.9 Å². The number of aliphatic hydroxyl groups is 1. The minimum atomic E-state index is -0.470. The van der Waals surface area contributed by atoms with E-state index in [2.05, 4.69) is 6.92 Å². The van der Waals surface area contributed by atoms with Crippen molar-refractivity contribution < 1.29 is 28.9 Å². The molecule has 0 aromatic heterocycles. The maximum absolute atomic E-state index is 12.4. The number of hydrogen-bond acceptors (Lipinski definition) is 6. The summed E-state index contributed by atoms with van der Waals surface area (Å²) >= 11 is 0. The van der Waals surface area contributed by atoms with Crippen LogP contribution in [0, 0.1) is 0 Å².